The number of aromatic nitrogens is 2. The third kappa shape index (κ3) is 4.81. The number of halogens is 1. The van der Waals surface area contributed by atoms with Crippen molar-refractivity contribution in [1.29, 1.82) is 0 Å². The molecule has 1 atom stereocenters. The number of aryl methyl sites for hydroxylation is 1. The molecule has 0 radical (unpaired) electrons. The summed E-state index contributed by atoms with van der Waals surface area (Å²) in [5, 5.41) is 1.04. The van der Waals surface area contributed by atoms with E-state index in [1.807, 2.05) is 64.0 Å². The van der Waals surface area contributed by atoms with Gasteiger partial charge in [0.25, 0.3) is 11.5 Å². The van der Waals surface area contributed by atoms with Crippen LogP contribution in [0.15, 0.2) is 47.3 Å². The molecule has 3 rings (SSSR count). The van der Waals surface area contributed by atoms with Crippen LogP contribution in [0.3, 0.4) is 0 Å². The van der Waals surface area contributed by atoms with Crippen LogP contribution in [0.2, 0.25) is 5.02 Å². The van der Waals surface area contributed by atoms with Crippen molar-refractivity contribution in [3.63, 3.8) is 0 Å². The molecule has 1 aromatic heterocycles. The van der Waals surface area contributed by atoms with Crippen molar-refractivity contribution in [2.75, 3.05) is 27.2 Å². The Labute approximate surface area is 188 Å². The van der Waals surface area contributed by atoms with Crippen LogP contribution >= 0.6 is 11.6 Å². The lowest BCUT2D eigenvalue weighted by Gasteiger charge is -2.32. The van der Waals surface area contributed by atoms with Crippen molar-refractivity contribution < 1.29 is 4.79 Å². The highest BCUT2D eigenvalue weighted by Crippen LogP contribution is 2.24. The lowest BCUT2D eigenvalue weighted by atomic mass is 10.1. The second-order valence-corrected chi connectivity index (χ2v) is 8.41. The Kier molecular flexibility index (Phi) is 7.13. The topological polar surface area (TPSA) is 58.4 Å². The van der Waals surface area contributed by atoms with Crippen LogP contribution < -0.4 is 5.56 Å². The number of hydrogen-bond donors (Lipinski definition) is 0. The van der Waals surface area contributed by atoms with Gasteiger partial charge in [0.1, 0.15) is 5.82 Å². The molecule has 1 amide bonds. The van der Waals surface area contributed by atoms with Gasteiger partial charge in [0.15, 0.2) is 0 Å². The second-order valence-electron chi connectivity index (χ2n) is 7.97. The fourth-order valence-corrected chi connectivity index (χ4v) is 3.89. The maximum atomic E-state index is 13.6. The molecular formula is C24H29ClN4O2. The van der Waals surface area contributed by atoms with Crippen molar-refractivity contribution in [2.24, 2.45) is 0 Å². The van der Waals surface area contributed by atoms with Gasteiger partial charge in [-0.3, -0.25) is 14.2 Å². The maximum Gasteiger partial charge on any atom is 0.261 e. The molecule has 0 saturated heterocycles. The monoisotopic (exact) mass is 440 g/mol. The van der Waals surface area contributed by atoms with Gasteiger partial charge >= 0.3 is 0 Å². The first-order valence-corrected chi connectivity index (χ1v) is 10.8. The molecule has 0 bridgehead atoms. The average Bonchev–Trinajstić information content (AvgIpc) is 2.73. The first-order chi connectivity index (χ1) is 14.7. The third-order valence-electron chi connectivity index (χ3n) is 5.53. The van der Waals surface area contributed by atoms with E-state index in [1.54, 1.807) is 27.7 Å². The van der Waals surface area contributed by atoms with Gasteiger partial charge in [0.2, 0.25) is 0 Å². The number of nitrogens with zero attached hydrogens (tertiary/aromatic N) is 4. The predicted molar refractivity (Wildman–Crippen MR) is 126 cm³/mol. The standard InChI is InChI=1S/C24H29ClN4O2/c1-6-28-22(26-21-15-18(25)11-12-20(21)24(28)31)17(3)29(14-13-27(4)5)23(30)19-10-8-7-9-16(19)2/h7-12,15,17H,6,13-14H2,1-5H3. The lowest BCUT2D eigenvalue weighted by Crippen LogP contribution is -2.41. The summed E-state index contributed by atoms with van der Waals surface area (Å²) in [7, 11) is 3.94. The van der Waals surface area contributed by atoms with E-state index in [2.05, 4.69) is 0 Å². The fraction of sp³-hybridized carbons (Fsp3) is 0.375. The number of likely N-dealkylation sites (N-methyl/N-ethyl adjacent to an activating group) is 1. The summed E-state index contributed by atoms with van der Waals surface area (Å²) in [5.41, 5.74) is 1.99. The Morgan fingerprint density at radius 2 is 1.87 bits per heavy atom. The summed E-state index contributed by atoms with van der Waals surface area (Å²) in [5.74, 6) is 0.485. The molecule has 164 valence electrons. The molecule has 1 heterocycles. The van der Waals surface area contributed by atoms with Crippen LogP contribution in [0, 0.1) is 6.92 Å². The van der Waals surface area contributed by atoms with Gasteiger partial charge in [-0.05, 0) is 64.7 Å². The molecule has 3 aromatic rings. The van der Waals surface area contributed by atoms with Crippen molar-refractivity contribution in [1.82, 2.24) is 19.4 Å². The summed E-state index contributed by atoms with van der Waals surface area (Å²) in [6, 6.07) is 12.3. The van der Waals surface area contributed by atoms with Crippen LogP contribution in [-0.2, 0) is 6.54 Å². The number of carbonyl (C=O) groups is 1. The molecule has 31 heavy (non-hydrogen) atoms. The van der Waals surface area contributed by atoms with E-state index in [1.165, 1.54) is 0 Å². The third-order valence-corrected chi connectivity index (χ3v) is 5.76. The van der Waals surface area contributed by atoms with Gasteiger partial charge in [-0.25, -0.2) is 4.98 Å². The Morgan fingerprint density at radius 3 is 2.52 bits per heavy atom. The highest BCUT2D eigenvalue weighted by atomic mass is 35.5. The molecule has 2 aromatic carbocycles. The van der Waals surface area contributed by atoms with Gasteiger partial charge in [-0.1, -0.05) is 29.8 Å². The molecule has 0 spiro atoms. The Balaban J connectivity index is 2.13. The SMILES string of the molecule is CCn1c(C(C)N(CCN(C)C)C(=O)c2ccccc2C)nc2cc(Cl)ccc2c1=O. The molecule has 1 unspecified atom stereocenters. The minimum absolute atomic E-state index is 0.0736. The second kappa shape index (κ2) is 9.62. The van der Waals surface area contributed by atoms with Crippen LogP contribution in [0.5, 0.6) is 0 Å². The van der Waals surface area contributed by atoms with Crippen LogP contribution in [0.1, 0.15) is 41.6 Å². The Morgan fingerprint density at radius 1 is 1.16 bits per heavy atom. The Bertz CT molecular complexity index is 1160. The minimum Gasteiger partial charge on any atom is -0.327 e. The number of fused-ring (bicyclic) bond motifs is 1. The highest BCUT2D eigenvalue weighted by Gasteiger charge is 2.27. The van der Waals surface area contributed by atoms with Gasteiger partial charge in [-0.15, -0.1) is 0 Å². The molecule has 0 aliphatic carbocycles. The van der Waals surface area contributed by atoms with Gasteiger partial charge in [0, 0.05) is 30.2 Å². The van der Waals surface area contributed by atoms with E-state index in [9.17, 15) is 9.59 Å². The molecule has 6 nitrogen and oxygen atoms in total. The largest absolute Gasteiger partial charge is 0.327 e. The summed E-state index contributed by atoms with van der Waals surface area (Å²) in [6.45, 7) is 7.43. The first-order valence-electron chi connectivity index (χ1n) is 10.5. The number of hydrogen-bond acceptors (Lipinski definition) is 4. The molecular weight excluding hydrogens is 412 g/mol. The van der Waals surface area contributed by atoms with Crippen molar-refractivity contribution >= 4 is 28.4 Å². The molecule has 0 N–H and O–H groups in total. The smallest absolute Gasteiger partial charge is 0.261 e. The van der Waals surface area contributed by atoms with Crippen LogP contribution in [0.4, 0.5) is 0 Å². The van der Waals surface area contributed by atoms with E-state index in [0.717, 1.165) is 5.56 Å². The van der Waals surface area contributed by atoms with E-state index in [-0.39, 0.29) is 11.5 Å². The van der Waals surface area contributed by atoms with E-state index >= 15 is 0 Å². The number of amides is 1. The normalized spacial score (nSPS) is 12.4. The van der Waals surface area contributed by atoms with Crippen LogP contribution in [-0.4, -0.2) is 52.4 Å². The molecule has 0 aliphatic heterocycles. The van der Waals surface area contributed by atoms with E-state index in [0.29, 0.717) is 46.9 Å². The zero-order valence-corrected chi connectivity index (χ0v) is 19.5. The minimum atomic E-state index is -0.400. The molecule has 7 heteroatoms. The molecule has 0 fully saturated rings. The zero-order chi connectivity index (χ0) is 22.7. The molecule has 0 saturated carbocycles. The highest BCUT2D eigenvalue weighted by molar-refractivity contribution is 6.31. The van der Waals surface area contributed by atoms with Crippen molar-refractivity contribution in [2.45, 2.75) is 33.4 Å². The quantitative estimate of drug-likeness (QED) is 0.554. The molecule has 0 aliphatic rings. The maximum absolute atomic E-state index is 13.6. The summed E-state index contributed by atoms with van der Waals surface area (Å²) < 4.78 is 1.65. The summed E-state index contributed by atoms with van der Waals surface area (Å²) >= 11 is 6.15. The van der Waals surface area contributed by atoms with Gasteiger partial charge < -0.3 is 9.80 Å². The lowest BCUT2D eigenvalue weighted by molar-refractivity contribution is 0.0664. The average molecular weight is 441 g/mol. The van der Waals surface area contributed by atoms with Crippen LogP contribution in [0.25, 0.3) is 10.9 Å². The number of benzene rings is 2. The van der Waals surface area contributed by atoms with E-state index < -0.39 is 6.04 Å². The van der Waals surface area contributed by atoms with Crippen molar-refractivity contribution in [3.05, 3.63) is 74.8 Å². The summed E-state index contributed by atoms with van der Waals surface area (Å²) in [6.07, 6.45) is 0. The predicted octanol–water partition coefficient (Wildman–Crippen LogP) is 4.14. The van der Waals surface area contributed by atoms with Gasteiger partial charge in [0.05, 0.1) is 16.9 Å². The Hall–Kier alpha value is -2.70. The first kappa shape index (κ1) is 23.0. The number of carbonyl (C=O) groups excluding carboxylic acids is 1. The number of rotatable bonds is 7. The fourth-order valence-electron chi connectivity index (χ4n) is 3.72. The zero-order valence-electron chi connectivity index (χ0n) is 18.7. The van der Waals surface area contributed by atoms with E-state index in [4.69, 9.17) is 16.6 Å². The van der Waals surface area contributed by atoms with Crippen molar-refractivity contribution in [3.8, 4) is 0 Å². The van der Waals surface area contributed by atoms with Gasteiger partial charge in [-0.2, -0.15) is 0 Å². The summed E-state index contributed by atoms with van der Waals surface area (Å²) in [4.78, 5) is 35.3.